The van der Waals surface area contributed by atoms with E-state index in [9.17, 15) is 4.79 Å². The Balaban J connectivity index is 1.90. The first-order chi connectivity index (χ1) is 8.99. The van der Waals surface area contributed by atoms with E-state index in [-0.39, 0.29) is 6.03 Å². The zero-order valence-corrected chi connectivity index (χ0v) is 12.9. The molecule has 0 radical (unpaired) electrons. The van der Waals surface area contributed by atoms with Gasteiger partial charge in [-0.1, -0.05) is 0 Å². The number of anilines is 1. The Morgan fingerprint density at radius 2 is 2.00 bits per heavy atom. The van der Waals surface area contributed by atoms with Gasteiger partial charge in [0.1, 0.15) is 0 Å². The minimum Gasteiger partial charge on any atom is -0.348 e. The van der Waals surface area contributed by atoms with Crippen molar-refractivity contribution in [1.29, 1.82) is 0 Å². The number of piperidine rings is 1. The van der Waals surface area contributed by atoms with Crippen LogP contribution in [0, 0.1) is 6.92 Å². The van der Waals surface area contributed by atoms with Gasteiger partial charge >= 0.3 is 6.03 Å². The number of aromatic nitrogens is 1. The zero-order valence-electron chi connectivity index (χ0n) is 12.1. The Hall–Kier alpha value is -1.30. The Kier molecular flexibility index (Phi) is 4.29. The van der Waals surface area contributed by atoms with E-state index in [2.05, 4.69) is 16.8 Å². The SMILES string of the molecule is Cc1cnc(N2CCC(N(C)C(=O)N(C)C)CC2)s1. The van der Waals surface area contributed by atoms with Gasteiger partial charge in [-0.2, -0.15) is 0 Å². The summed E-state index contributed by atoms with van der Waals surface area (Å²) in [6.45, 7) is 4.03. The molecule has 1 aromatic heterocycles. The Morgan fingerprint density at radius 1 is 1.37 bits per heavy atom. The number of hydrogen-bond acceptors (Lipinski definition) is 4. The number of aryl methyl sites for hydroxylation is 1. The van der Waals surface area contributed by atoms with Crippen molar-refractivity contribution in [3.63, 3.8) is 0 Å². The first-order valence-corrected chi connectivity index (χ1v) is 7.42. The summed E-state index contributed by atoms with van der Waals surface area (Å²) in [5.41, 5.74) is 0. The minimum atomic E-state index is 0.0866. The molecule has 2 rings (SSSR count). The lowest BCUT2D eigenvalue weighted by Gasteiger charge is -2.37. The lowest BCUT2D eigenvalue weighted by atomic mass is 10.0. The summed E-state index contributed by atoms with van der Waals surface area (Å²) in [4.78, 5) is 23.4. The summed E-state index contributed by atoms with van der Waals surface area (Å²) >= 11 is 1.74. The normalized spacial score (nSPS) is 16.5. The monoisotopic (exact) mass is 282 g/mol. The summed E-state index contributed by atoms with van der Waals surface area (Å²) < 4.78 is 0. The topological polar surface area (TPSA) is 39.7 Å². The molecule has 19 heavy (non-hydrogen) atoms. The van der Waals surface area contributed by atoms with Crippen LogP contribution in [0.4, 0.5) is 9.93 Å². The predicted octanol–water partition coefficient (Wildman–Crippen LogP) is 2.03. The maximum absolute atomic E-state index is 11.9. The molecular formula is C13H22N4OS. The third-order valence-electron chi connectivity index (χ3n) is 3.58. The fourth-order valence-corrected chi connectivity index (χ4v) is 3.22. The van der Waals surface area contributed by atoms with Crippen molar-refractivity contribution in [3.8, 4) is 0 Å². The molecule has 2 amide bonds. The van der Waals surface area contributed by atoms with E-state index in [0.29, 0.717) is 6.04 Å². The molecule has 1 aliphatic heterocycles. The number of thiazole rings is 1. The third-order valence-corrected chi connectivity index (χ3v) is 4.55. The van der Waals surface area contributed by atoms with Crippen molar-refractivity contribution in [1.82, 2.24) is 14.8 Å². The molecule has 0 aliphatic carbocycles. The van der Waals surface area contributed by atoms with Gasteiger partial charge < -0.3 is 14.7 Å². The fourth-order valence-electron chi connectivity index (χ4n) is 2.41. The fraction of sp³-hybridized carbons (Fsp3) is 0.692. The van der Waals surface area contributed by atoms with Crippen LogP contribution < -0.4 is 4.90 Å². The second-order valence-corrected chi connectivity index (χ2v) is 6.47. The van der Waals surface area contributed by atoms with Crippen molar-refractivity contribution in [2.45, 2.75) is 25.8 Å². The molecule has 1 fully saturated rings. The first kappa shape index (κ1) is 14.1. The molecule has 0 unspecified atom stereocenters. The average Bonchev–Trinajstić information content (AvgIpc) is 2.84. The highest BCUT2D eigenvalue weighted by molar-refractivity contribution is 7.15. The van der Waals surface area contributed by atoms with Gasteiger partial charge in [-0.15, -0.1) is 11.3 Å². The molecule has 106 valence electrons. The summed E-state index contributed by atoms with van der Waals surface area (Å²) in [6, 6.07) is 0.427. The van der Waals surface area contributed by atoms with Gasteiger partial charge in [0.15, 0.2) is 5.13 Å². The minimum absolute atomic E-state index is 0.0866. The van der Waals surface area contributed by atoms with Crippen molar-refractivity contribution < 1.29 is 4.79 Å². The zero-order chi connectivity index (χ0) is 14.0. The van der Waals surface area contributed by atoms with Crippen LogP contribution in [-0.4, -0.2) is 61.1 Å². The van der Waals surface area contributed by atoms with Crippen LogP contribution in [0.15, 0.2) is 6.20 Å². The molecule has 0 bridgehead atoms. The van der Waals surface area contributed by atoms with Crippen LogP contribution in [0.1, 0.15) is 17.7 Å². The predicted molar refractivity (Wildman–Crippen MR) is 78.9 cm³/mol. The van der Waals surface area contributed by atoms with Crippen molar-refractivity contribution in [2.75, 3.05) is 39.1 Å². The number of nitrogens with zero attached hydrogens (tertiary/aromatic N) is 4. The largest absolute Gasteiger partial charge is 0.348 e. The maximum Gasteiger partial charge on any atom is 0.319 e. The van der Waals surface area contributed by atoms with Crippen LogP contribution in [0.3, 0.4) is 0 Å². The van der Waals surface area contributed by atoms with Gasteiger partial charge in [0, 0.05) is 51.3 Å². The smallest absolute Gasteiger partial charge is 0.319 e. The lowest BCUT2D eigenvalue weighted by molar-refractivity contribution is 0.155. The Bertz CT molecular complexity index is 438. The van der Waals surface area contributed by atoms with Crippen LogP contribution in [0.2, 0.25) is 0 Å². The lowest BCUT2D eigenvalue weighted by Crippen LogP contribution is -2.48. The molecule has 5 nitrogen and oxygen atoms in total. The molecular weight excluding hydrogens is 260 g/mol. The number of carbonyl (C=O) groups excluding carboxylic acids is 1. The molecule has 0 spiro atoms. The van der Waals surface area contributed by atoms with Crippen LogP contribution in [0.5, 0.6) is 0 Å². The van der Waals surface area contributed by atoms with E-state index in [1.54, 1.807) is 30.3 Å². The highest BCUT2D eigenvalue weighted by Gasteiger charge is 2.26. The molecule has 2 heterocycles. The van der Waals surface area contributed by atoms with Gasteiger partial charge in [-0.3, -0.25) is 0 Å². The van der Waals surface area contributed by atoms with Crippen LogP contribution in [0.25, 0.3) is 0 Å². The molecule has 6 heteroatoms. The van der Waals surface area contributed by atoms with E-state index in [0.717, 1.165) is 31.1 Å². The third kappa shape index (κ3) is 3.18. The molecule has 0 atom stereocenters. The average molecular weight is 282 g/mol. The maximum atomic E-state index is 11.9. The second kappa shape index (κ2) is 5.77. The van der Waals surface area contributed by atoms with Crippen molar-refractivity contribution in [3.05, 3.63) is 11.1 Å². The summed E-state index contributed by atoms with van der Waals surface area (Å²) in [6.07, 6.45) is 3.94. The van der Waals surface area contributed by atoms with Gasteiger partial charge in [-0.25, -0.2) is 9.78 Å². The highest BCUT2D eigenvalue weighted by Crippen LogP contribution is 2.26. The second-order valence-electron chi connectivity index (χ2n) is 5.26. The Labute approximate surface area is 118 Å². The van der Waals surface area contributed by atoms with E-state index >= 15 is 0 Å². The van der Waals surface area contributed by atoms with Gasteiger partial charge in [0.25, 0.3) is 0 Å². The van der Waals surface area contributed by atoms with Crippen molar-refractivity contribution in [2.24, 2.45) is 0 Å². The van der Waals surface area contributed by atoms with Crippen LogP contribution in [-0.2, 0) is 0 Å². The number of amides is 2. The standard InChI is InChI=1S/C13H22N4OS/c1-10-9-14-12(19-10)17-7-5-11(6-8-17)16(4)13(18)15(2)3/h9,11H,5-8H2,1-4H3. The van der Waals surface area contributed by atoms with E-state index in [4.69, 9.17) is 0 Å². The van der Waals surface area contributed by atoms with Crippen molar-refractivity contribution >= 4 is 22.5 Å². The van der Waals surface area contributed by atoms with E-state index in [1.165, 1.54) is 4.88 Å². The van der Waals surface area contributed by atoms with Crippen LogP contribution >= 0.6 is 11.3 Å². The van der Waals surface area contributed by atoms with Gasteiger partial charge in [-0.05, 0) is 19.8 Å². The summed E-state index contributed by atoms with van der Waals surface area (Å²) in [7, 11) is 5.49. The summed E-state index contributed by atoms with van der Waals surface area (Å²) in [5.74, 6) is 0. The quantitative estimate of drug-likeness (QED) is 0.833. The van der Waals surface area contributed by atoms with Gasteiger partial charge in [0.05, 0.1) is 0 Å². The molecule has 0 aromatic carbocycles. The van der Waals surface area contributed by atoms with E-state index < -0.39 is 0 Å². The molecule has 1 aliphatic rings. The molecule has 0 saturated carbocycles. The molecule has 0 N–H and O–H groups in total. The number of carbonyl (C=O) groups is 1. The first-order valence-electron chi connectivity index (χ1n) is 6.60. The number of rotatable bonds is 2. The van der Waals surface area contributed by atoms with Gasteiger partial charge in [0.2, 0.25) is 0 Å². The highest BCUT2D eigenvalue weighted by atomic mass is 32.1. The Morgan fingerprint density at radius 3 is 2.47 bits per heavy atom. The molecule has 1 aromatic rings. The molecule has 1 saturated heterocycles. The summed E-state index contributed by atoms with van der Waals surface area (Å²) in [5, 5.41) is 1.11. The number of hydrogen-bond donors (Lipinski definition) is 0. The number of urea groups is 1. The van der Waals surface area contributed by atoms with E-state index in [1.807, 2.05) is 18.1 Å².